The van der Waals surface area contributed by atoms with Crippen molar-refractivity contribution in [2.45, 2.75) is 142 Å². The summed E-state index contributed by atoms with van der Waals surface area (Å²) in [6.45, 7) is 4.73. The smallest absolute Gasteiger partial charge is 0.246 e. The highest BCUT2D eigenvalue weighted by Crippen LogP contribution is 2.15. The highest BCUT2D eigenvalue weighted by Gasteiger charge is 2.23. The number of nitrogens with zero attached hydrogens (tertiary/aromatic N) is 2. The van der Waals surface area contributed by atoms with E-state index in [2.05, 4.69) is 34.7 Å². The summed E-state index contributed by atoms with van der Waals surface area (Å²) in [7, 11) is 0.887. The topological polar surface area (TPSA) is 72.7 Å². The Kier molecular flexibility index (Phi) is 23.3. The molecule has 0 saturated heterocycles. The molecule has 1 heterocycles. The molecule has 0 aromatic rings. The van der Waals surface area contributed by atoms with Crippen LogP contribution in [-0.2, 0) is 14.6 Å². The normalized spacial score (nSPS) is 13.9. The monoisotopic (exact) mass is 518 g/mol. The summed E-state index contributed by atoms with van der Waals surface area (Å²) in [6, 6.07) is 0. The van der Waals surface area contributed by atoms with Crippen LogP contribution in [0, 0.1) is 0 Å². The number of amidine groups is 1. The Balaban J connectivity index is 0.00000170. The number of hydrogen-bond acceptors (Lipinski definition) is 5. The van der Waals surface area contributed by atoms with Crippen molar-refractivity contribution < 1.29 is 21.7 Å². The van der Waals surface area contributed by atoms with E-state index in [9.17, 15) is 13.0 Å². The number of unbranched alkanes of at least 4 members (excludes halogenated alkanes) is 19. The SMILES string of the molecule is CCCCCCCCCCCCCCCCCCCCCCC1=[N+](C)CCN1C.COS(=O)(=O)[O-]. The van der Waals surface area contributed by atoms with Crippen LogP contribution in [0.1, 0.15) is 142 Å². The van der Waals surface area contributed by atoms with E-state index in [1.54, 1.807) is 5.84 Å². The Hall–Kier alpha value is -0.660. The summed E-state index contributed by atoms with van der Waals surface area (Å²) in [4.78, 5) is 2.44. The lowest BCUT2D eigenvalue weighted by Gasteiger charge is -2.07. The molecule has 0 spiro atoms. The van der Waals surface area contributed by atoms with E-state index in [0.29, 0.717) is 0 Å². The van der Waals surface area contributed by atoms with Crippen molar-refractivity contribution in [2.24, 2.45) is 0 Å². The Bertz CT molecular complexity index is 608. The second kappa shape index (κ2) is 23.7. The molecular weight excluding hydrogens is 460 g/mol. The number of likely N-dealkylation sites (N-methyl/N-ethyl adjacent to an activating group) is 2. The van der Waals surface area contributed by atoms with Gasteiger partial charge in [-0.2, -0.15) is 0 Å². The summed E-state index contributed by atoms with van der Waals surface area (Å²) in [5.74, 6) is 1.56. The molecule has 0 bridgehead atoms. The van der Waals surface area contributed by atoms with Crippen molar-refractivity contribution in [3.05, 3.63) is 0 Å². The average molecular weight is 519 g/mol. The summed E-state index contributed by atoms with van der Waals surface area (Å²) in [5, 5.41) is 0. The highest BCUT2D eigenvalue weighted by molar-refractivity contribution is 7.80. The molecule has 1 aliphatic heterocycles. The molecule has 0 atom stereocenters. The van der Waals surface area contributed by atoms with Crippen molar-refractivity contribution in [1.82, 2.24) is 4.90 Å². The van der Waals surface area contributed by atoms with Gasteiger partial charge in [0.05, 0.1) is 21.2 Å². The van der Waals surface area contributed by atoms with Gasteiger partial charge in [0, 0.05) is 6.42 Å². The number of hydrogen-bond donors (Lipinski definition) is 0. The molecule has 0 saturated carbocycles. The zero-order valence-electron chi connectivity index (χ0n) is 23.7. The minimum atomic E-state index is -4.41. The number of rotatable bonds is 22. The third kappa shape index (κ3) is 23.5. The maximum atomic E-state index is 9.22. The first-order valence-corrected chi connectivity index (χ1v) is 15.9. The third-order valence-electron chi connectivity index (χ3n) is 7.11. The minimum Gasteiger partial charge on any atom is -0.726 e. The average Bonchev–Trinajstić information content (AvgIpc) is 3.15. The van der Waals surface area contributed by atoms with Crippen LogP contribution in [0.25, 0.3) is 0 Å². The molecule has 210 valence electrons. The molecular formula is C28H58N2O4S. The molecule has 7 heteroatoms. The van der Waals surface area contributed by atoms with Crippen molar-refractivity contribution >= 4 is 16.2 Å². The van der Waals surface area contributed by atoms with Gasteiger partial charge >= 0.3 is 0 Å². The molecule has 0 aromatic carbocycles. The van der Waals surface area contributed by atoms with E-state index in [1.165, 1.54) is 148 Å². The zero-order chi connectivity index (χ0) is 26.2. The fraction of sp³-hybridized carbons (Fsp3) is 0.964. The van der Waals surface area contributed by atoms with Crippen molar-refractivity contribution in [3.8, 4) is 0 Å². The van der Waals surface area contributed by atoms with Crippen molar-refractivity contribution in [2.75, 3.05) is 34.3 Å². The summed E-state index contributed by atoms with van der Waals surface area (Å²) in [5.41, 5.74) is 0. The molecule has 1 aliphatic rings. The van der Waals surface area contributed by atoms with Crippen molar-refractivity contribution in [1.29, 1.82) is 0 Å². The lowest BCUT2D eigenvalue weighted by atomic mass is 10.0. The first-order valence-electron chi connectivity index (χ1n) is 14.6. The predicted octanol–water partition coefficient (Wildman–Crippen LogP) is 7.28. The van der Waals surface area contributed by atoms with E-state index in [4.69, 9.17) is 0 Å². The standard InChI is InChI=1S/C27H55N2.CH4O4S/c1-4-5-6-7-8-9-10-11-12-13-14-15-16-17-18-19-20-21-22-23-24-27-28(2)25-26-29(27)3;1-5-6(2,3)4/h4-26H2,1-3H3;1H3,(H,2,3,4)/q+1;/p-1. The first kappa shape index (κ1) is 34.3. The van der Waals surface area contributed by atoms with Gasteiger partial charge in [0.1, 0.15) is 13.1 Å². The molecule has 1 rings (SSSR count). The molecule has 6 nitrogen and oxygen atoms in total. The van der Waals surface area contributed by atoms with Crippen LogP contribution < -0.4 is 0 Å². The summed E-state index contributed by atoms with van der Waals surface area (Å²) >= 11 is 0. The second-order valence-corrected chi connectivity index (χ2v) is 11.5. The molecule has 0 fully saturated rings. The lowest BCUT2D eigenvalue weighted by Crippen LogP contribution is -2.24. The minimum absolute atomic E-state index is 0.808. The van der Waals surface area contributed by atoms with Crippen LogP contribution in [0.15, 0.2) is 0 Å². The Labute approximate surface area is 218 Å². The van der Waals surface area contributed by atoms with Crippen LogP contribution in [0.4, 0.5) is 0 Å². The van der Waals surface area contributed by atoms with E-state index in [-0.39, 0.29) is 0 Å². The molecule has 0 N–H and O–H groups in total. The van der Waals surface area contributed by atoms with Crippen LogP contribution in [0.3, 0.4) is 0 Å². The van der Waals surface area contributed by atoms with Crippen LogP contribution in [0.5, 0.6) is 0 Å². The molecule has 0 unspecified atom stereocenters. The van der Waals surface area contributed by atoms with Crippen LogP contribution >= 0.6 is 0 Å². The van der Waals surface area contributed by atoms with E-state index < -0.39 is 10.4 Å². The van der Waals surface area contributed by atoms with E-state index in [0.717, 1.165) is 7.11 Å². The van der Waals surface area contributed by atoms with Gasteiger partial charge in [0.25, 0.3) is 0 Å². The third-order valence-corrected chi connectivity index (χ3v) is 7.52. The van der Waals surface area contributed by atoms with Gasteiger partial charge in [-0.05, 0) is 6.42 Å². The van der Waals surface area contributed by atoms with Gasteiger partial charge < -0.3 is 4.55 Å². The van der Waals surface area contributed by atoms with E-state index >= 15 is 0 Å². The molecule has 0 aliphatic carbocycles. The van der Waals surface area contributed by atoms with Crippen LogP contribution in [-0.4, -0.2) is 62.6 Å². The van der Waals surface area contributed by atoms with Crippen molar-refractivity contribution in [3.63, 3.8) is 0 Å². The molecule has 35 heavy (non-hydrogen) atoms. The summed E-state index contributed by atoms with van der Waals surface area (Å²) < 4.78 is 33.5. The quantitative estimate of drug-likeness (QED) is 0.0652. The molecule has 0 aromatic heterocycles. The van der Waals surface area contributed by atoms with Crippen LogP contribution in [0.2, 0.25) is 0 Å². The van der Waals surface area contributed by atoms with Gasteiger partial charge in [-0.25, -0.2) is 8.42 Å². The van der Waals surface area contributed by atoms with Gasteiger partial charge in [-0.1, -0.05) is 129 Å². The predicted molar refractivity (Wildman–Crippen MR) is 148 cm³/mol. The Morgan fingerprint density at radius 1 is 0.743 bits per heavy atom. The Morgan fingerprint density at radius 2 is 1.06 bits per heavy atom. The fourth-order valence-electron chi connectivity index (χ4n) is 4.77. The first-order chi connectivity index (χ1) is 16.8. The molecule has 0 amide bonds. The summed E-state index contributed by atoms with van der Waals surface area (Å²) in [6.07, 6.45) is 30.5. The zero-order valence-corrected chi connectivity index (χ0v) is 24.5. The van der Waals surface area contributed by atoms with Gasteiger partial charge in [0.2, 0.25) is 16.2 Å². The van der Waals surface area contributed by atoms with Gasteiger partial charge in [-0.3, -0.25) is 13.7 Å². The van der Waals surface area contributed by atoms with Gasteiger partial charge in [-0.15, -0.1) is 0 Å². The second-order valence-electron chi connectivity index (χ2n) is 10.3. The maximum absolute atomic E-state index is 9.22. The largest absolute Gasteiger partial charge is 0.726 e. The maximum Gasteiger partial charge on any atom is 0.246 e. The Morgan fingerprint density at radius 3 is 1.31 bits per heavy atom. The fourth-order valence-corrected chi connectivity index (χ4v) is 4.77. The highest BCUT2D eigenvalue weighted by atomic mass is 32.3. The van der Waals surface area contributed by atoms with Gasteiger partial charge in [0.15, 0.2) is 0 Å². The van der Waals surface area contributed by atoms with E-state index in [1.807, 2.05) is 0 Å². The lowest BCUT2D eigenvalue weighted by molar-refractivity contribution is -0.487. The molecule has 0 radical (unpaired) electrons.